The second kappa shape index (κ2) is 9.69. The molecular formula is C21H24F3N3O3S. The summed E-state index contributed by atoms with van der Waals surface area (Å²) < 4.78 is 65.3. The third-order valence-corrected chi connectivity index (χ3v) is 7.08. The number of carbonyl (C=O) groups excluding carboxylic acids is 1. The van der Waals surface area contributed by atoms with Crippen LogP contribution < -0.4 is 10.2 Å². The third-order valence-electron chi connectivity index (χ3n) is 5.16. The lowest BCUT2D eigenvalue weighted by Crippen LogP contribution is -2.45. The van der Waals surface area contributed by atoms with Crippen LogP contribution in [0.1, 0.15) is 18.4 Å². The zero-order valence-corrected chi connectivity index (χ0v) is 17.8. The Hall–Kier alpha value is -2.59. The summed E-state index contributed by atoms with van der Waals surface area (Å²) in [5, 5.41) is 2.74. The monoisotopic (exact) mass is 455 g/mol. The minimum absolute atomic E-state index is 0.0663. The van der Waals surface area contributed by atoms with Gasteiger partial charge >= 0.3 is 0 Å². The van der Waals surface area contributed by atoms with Crippen LogP contribution in [0.25, 0.3) is 0 Å². The van der Waals surface area contributed by atoms with Gasteiger partial charge in [-0.05, 0) is 54.8 Å². The van der Waals surface area contributed by atoms with Crippen LogP contribution in [0.5, 0.6) is 0 Å². The van der Waals surface area contributed by atoms with Crippen LogP contribution in [0.15, 0.2) is 53.4 Å². The first-order valence-corrected chi connectivity index (χ1v) is 11.3. The first-order chi connectivity index (χ1) is 14.7. The summed E-state index contributed by atoms with van der Waals surface area (Å²) in [5.41, 5.74) is 1.30. The smallest absolute Gasteiger partial charge is 0.255 e. The topological polar surface area (TPSA) is 69.7 Å². The second-order valence-electron chi connectivity index (χ2n) is 7.39. The van der Waals surface area contributed by atoms with Crippen LogP contribution in [-0.4, -0.2) is 51.2 Å². The number of nitrogens with zero attached hydrogens (tertiary/aromatic N) is 2. The molecule has 0 aromatic heterocycles. The molecule has 31 heavy (non-hydrogen) atoms. The molecule has 1 amide bonds. The molecule has 1 heterocycles. The van der Waals surface area contributed by atoms with E-state index < -0.39 is 40.8 Å². The SMILES string of the molecule is CN(CC(F)F)c1cccc(CNC(=O)[C@@H]2CCCN2S(=O)(=O)c2ccc(F)cc2)c1. The lowest BCUT2D eigenvalue weighted by atomic mass is 10.1. The summed E-state index contributed by atoms with van der Waals surface area (Å²) in [6, 6.07) is 10.5. The van der Waals surface area contributed by atoms with Gasteiger partial charge in [0, 0.05) is 25.8 Å². The summed E-state index contributed by atoms with van der Waals surface area (Å²) in [6.45, 7) is -0.0735. The van der Waals surface area contributed by atoms with Gasteiger partial charge in [0.2, 0.25) is 15.9 Å². The van der Waals surface area contributed by atoms with E-state index in [-0.39, 0.29) is 18.0 Å². The summed E-state index contributed by atoms with van der Waals surface area (Å²) in [5.74, 6) is -0.981. The van der Waals surface area contributed by atoms with Gasteiger partial charge in [-0.15, -0.1) is 0 Å². The summed E-state index contributed by atoms with van der Waals surface area (Å²) in [4.78, 5) is 14.1. The highest BCUT2D eigenvalue weighted by Gasteiger charge is 2.39. The maximum atomic E-state index is 13.1. The van der Waals surface area contributed by atoms with Crippen molar-refractivity contribution in [2.24, 2.45) is 0 Å². The minimum atomic E-state index is -3.93. The molecule has 3 rings (SSSR count). The van der Waals surface area contributed by atoms with E-state index in [0.717, 1.165) is 16.4 Å². The van der Waals surface area contributed by atoms with Crippen LogP contribution in [0.2, 0.25) is 0 Å². The largest absolute Gasteiger partial charge is 0.369 e. The Balaban J connectivity index is 1.67. The van der Waals surface area contributed by atoms with Gasteiger partial charge in [0.15, 0.2) is 0 Å². The molecule has 0 bridgehead atoms. The van der Waals surface area contributed by atoms with E-state index in [0.29, 0.717) is 24.1 Å². The van der Waals surface area contributed by atoms with E-state index in [2.05, 4.69) is 5.32 Å². The predicted octanol–water partition coefficient (Wildman–Crippen LogP) is 3.00. The Morgan fingerprint density at radius 3 is 2.61 bits per heavy atom. The molecule has 1 N–H and O–H groups in total. The van der Waals surface area contributed by atoms with Crippen molar-refractivity contribution in [1.82, 2.24) is 9.62 Å². The van der Waals surface area contributed by atoms with Crippen LogP contribution >= 0.6 is 0 Å². The molecule has 168 valence electrons. The van der Waals surface area contributed by atoms with Crippen molar-refractivity contribution in [3.8, 4) is 0 Å². The number of anilines is 1. The van der Waals surface area contributed by atoms with Gasteiger partial charge in [0.25, 0.3) is 6.43 Å². The van der Waals surface area contributed by atoms with Crippen molar-refractivity contribution in [2.75, 3.05) is 25.0 Å². The molecule has 1 aliphatic rings. The average molecular weight is 456 g/mol. The number of rotatable bonds is 8. The molecule has 1 atom stereocenters. The van der Waals surface area contributed by atoms with E-state index in [1.54, 1.807) is 31.3 Å². The fourth-order valence-corrected chi connectivity index (χ4v) is 5.21. The zero-order valence-electron chi connectivity index (χ0n) is 17.0. The molecule has 0 spiro atoms. The Labute approximate surface area is 179 Å². The molecule has 6 nitrogen and oxygen atoms in total. The third kappa shape index (κ3) is 5.56. The molecule has 2 aromatic carbocycles. The van der Waals surface area contributed by atoms with Gasteiger partial charge < -0.3 is 10.2 Å². The molecule has 1 aliphatic heterocycles. The first-order valence-electron chi connectivity index (χ1n) is 9.82. The highest BCUT2D eigenvalue weighted by Crippen LogP contribution is 2.26. The van der Waals surface area contributed by atoms with Gasteiger partial charge in [-0.25, -0.2) is 21.6 Å². The van der Waals surface area contributed by atoms with Crippen molar-refractivity contribution in [3.05, 3.63) is 59.9 Å². The number of amides is 1. The highest BCUT2D eigenvalue weighted by molar-refractivity contribution is 7.89. The Morgan fingerprint density at radius 2 is 1.94 bits per heavy atom. The van der Waals surface area contributed by atoms with E-state index >= 15 is 0 Å². The molecule has 2 aromatic rings. The number of halogens is 3. The summed E-state index contributed by atoms with van der Waals surface area (Å²) in [7, 11) is -2.38. The van der Waals surface area contributed by atoms with Crippen LogP contribution in [0, 0.1) is 5.82 Å². The average Bonchev–Trinajstić information content (AvgIpc) is 3.23. The molecule has 10 heteroatoms. The lowest BCUT2D eigenvalue weighted by Gasteiger charge is -2.23. The Bertz CT molecular complexity index is 1020. The van der Waals surface area contributed by atoms with Crippen LogP contribution in [-0.2, 0) is 21.4 Å². The standard InChI is InChI=1S/C21H24F3N3O3S/c1-26(14-20(23)24)17-5-2-4-15(12-17)13-25-21(28)19-6-3-11-27(19)31(29,30)18-9-7-16(22)8-10-18/h2,4-5,7-10,12,19-20H,3,6,11,13-14H2,1H3,(H,25,28)/t19-/m0/s1. The normalized spacial score (nSPS) is 17.1. The van der Waals surface area contributed by atoms with Crippen molar-refractivity contribution in [2.45, 2.75) is 36.7 Å². The molecule has 1 fully saturated rings. The fourth-order valence-electron chi connectivity index (χ4n) is 3.56. The quantitative estimate of drug-likeness (QED) is 0.665. The molecular weight excluding hydrogens is 431 g/mol. The van der Waals surface area contributed by atoms with Crippen LogP contribution in [0.3, 0.4) is 0 Å². The van der Waals surface area contributed by atoms with Gasteiger partial charge in [-0.2, -0.15) is 4.31 Å². The lowest BCUT2D eigenvalue weighted by molar-refractivity contribution is -0.124. The predicted molar refractivity (Wildman–Crippen MR) is 111 cm³/mol. The van der Waals surface area contributed by atoms with Crippen molar-refractivity contribution >= 4 is 21.6 Å². The van der Waals surface area contributed by atoms with Crippen molar-refractivity contribution in [1.29, 1.82) is 0 Å². The Kier molecular flexibility index (Phi) is 7.22. The van der Waals surface area contributed by atoms with Gasteiger partial charge in [-0.3, -0.25) is 4.79 Å². The number of nitrogens with one attached hydrogen (secondary N) is 1. The van der Waals surface area contributed by atoms with Crippen LogP contribution in [0.4, 0.5) is 18.9 Å². The fraction of sp³-hybridized carbons (Fsp3) is 0.381. The molecule has 1 saturated heterocycles. The first kappa shape index (κ1) is 23.1. The van der Waals surface area contributed by atoms with Gasteiger partial charge in [0.05, 0.1) is 11.4 Å². The van der Waals surface area contributed by atoms with Gasteiger partial charge in [-0.1, -0.05) is 12.1 Å². The number of sulfonamides is 1. The molecule has 0 saturated carbocycles. The maximum absolute atomic E-state index is 13.1. The molecule has 0 unspecified atom stereocenters. The number of hydrogen-bond acceptors (Lipinski definition) is 4. The summed E-state index contributed by atoms with van der Waals surface area (Å²) in [6.07, 6.45) is -1.56. The highest BCUT2D eigenvalue weighted by atomic mass is 32.2. The number of benzene rings is 2. The summed E-state index contributed by atoms with van der Waals surface area (Å²) >= 11 is 0. The van der Waals surface area contributed by atoms with Crippen molar-refractivity contribution < 1.29 is 26.4 Å². The van der Waals surface area contributed by atoms with E-state index in [9.17, 15) is 26.4 Å². The number of carbonyl (C=O) groups is 1. The maximum Gasteiger partial charge on any atom is 0.255 e. The van der Waals surface area contributed by atoms with Gasteiger partial charge in [0.1, 0.15) is 11.9 Å². The minimum Gasteiger partial charge on any atom is -0.369 e. The van der Waals surface area contributed by atoms with E-state index in [1.807, 2.05) is 0 Å². The Morgan fingerprint density at radius 1 is 1.23 bits per heavy atom. The van der Waals surface area contributed by atoms with E-state index in [1.165, 1.54) is 17.0 Å². The molecule has 0 radical (unpaired) electrons. The second-order valence-corrected chi connectivity index (χ2v) is 9.28. The zero-order chi connectivity index (χ0) is 22.6. The molecule has 0 aliphatic carbocycles. The van der Waals surface area contributed by atoms with E-state index in [4.69, 9.17) is 0 Å². The van der Waals surface area contributed by atoms with Crippen molar-refractivity contribution in [3.63, 3.8) is 0 Å². The number of alkyl halides is 2. The number of hydrogen-bond donors (Lipinski definition) is 1.